The summed E-state index contributed by atoms with van der Waals surface area (Å²) in [6.45, 7) is 1.46. The third kappa shape index (κ3) is 5.42. The second-order valence-electron chi connectivity index (χ2n) is 8.94. The fourth-order valence-electron chi connectivity index (χ4n) is 4.86. The van der Waals surface area contributed by atoms with Crippen LogP contribution < -0.4 is 15.5 Å². The van der Waals surface area contributed by atoms with Gasteiger partial charge in [0.1, 0.15) is 0 Å². The molecule has 4 rings (SSSR count). The summed E-state index contributed by atoms with van der Waals surface area (Å²) in [5, 5.41) is 6.13. The second-order valence-corrected chi connectivity index (χ2v) is 8.94. The summed E-state index contributed by atoms with van der Waals surface area (Å²) in [4.78, 5) is 29.6. The highest BCUT2D eigenvalue weighted by atomic mass is 16.2. The molecule has 1 aliphatic heterocycles. The molecule has 2 aromatic carbocycles. The lowest BCUT2D eigenvalue weighted by Crippen LogP contribution is -2.49. The smallest absolute Gasteiger partial charge is 0.319 e. The highest BCUT2D eigenvalue weighted by Gasteiger charge is 2.29. The third-order valence-corrected chi connectivity index (χ3v) is 6.75. The van der Waals surface area contributed by atoms with Crippen molar-refractivity contribution in [2.24, 2.45) is 5.92 Å². The van der Waals surface area contributed by atoms with Gasteiger partial charge in [0.05, 0.1) is 11.4 Å². The van der Waals surface area contributed by atoms with Gasteiger partial charge in [0, 0.05) is 37.8 Å². The van der Waals surface area contributed by atoms with E-state index in [0.29, 0.717) is 5.91 Å². The van der Waals surface area contributed by atoms with E-state index in [-0.39, 0.29) is 18.0 Å². The zero-order chi connectivity index (χ0) is 22.3. The summed E-state index contributed by atoms with van der Waals surface area (Å²) in [6, 6.07) is 17.8. The number of nitrogens with zero attached hydrogens (tertiary/aromatic N) is 2. The Morgan fingerprint density at radius 2 is 1.53 bits per heavy atom. The van der Waals surface area contributed by atoms with Crippen LogP contribution in [0.15, 0.2) is 54.6 Å². The van der Waals surface area contributed by atoms with Crippen LogP contribution in [0.2, 0.25) is 0 Å². The molecule has 0 radical (unpaired) electrons. The van der Waals surface area contributed by atoms with Crippen molar-refractivity contribution in [3.05, 3.63) is 54.6 Å². The van der Waals surface area contributed by atoms with Gasteiger partial charge in [-0.3, -0.25) is 4.79 Å². The number of hydrogen-bond donors (Lipinski definition) is 2. The van der Waals surface area contributed by atoms with E-state index in [4.69, 9.17) is 0 Å². The molecule has 0 bridgehead atoms. The molecule has 0 aromatic heterocycles. The first-order valence-corrected chi connectivity index (χ1v) is 11.9. The van der Waals surface area contributed by atoms with Crippen molar-refractivity contribution < 1.29 is 9.59 Å². The SMILES string of the molecule is CN(c1ccccc1)c1ccccc1NC(=O)NC1CCN(C(=O)C2CCCCC2)CC1. The molecule has 0 spiro atoms. The average molecular weight is 435 g/mol. The molecule has 32 heavy (non-hydrogen) atoms. The molecule has 2 aromatic rings. The predicted molar refractivity (Wildman–Crippen MR) is 129 cm³/mol. The lowest BCUT2D eigenvalue weighted by molar-refractivity contribution is -0.137. The van der Waals surface area contributed by atoms with Gasteiger partial charge < -0.3 is 20.4 Å². The van der Waals surface area contributed by atoms with Crippen molar-refractivity contribution in [2.75, 3.05) is 30.4 Å². The number of para-hydroxylation sites is 3. The normalized spacial score (nSPS) is 17.6. The summed E-state index contributed by atoms with van der Waals surface area (Å²) < 4.78 is 0. The van der Waals surface area contributed by atoms with Crippen LogP contribution in [0.5, 0.6) is 0 Å². The molecule has 1 saturated carbocycles. The molecule has 1 saturated heterocycles. The van der Waals surface area contributed by atoms with Gasteiger partial charge in [-0.05, 0) is 49.9 Å². The van der Waals surface area contributed by atoms with Gasteiger partial charge >= 0.3 is 6.03 Å². The van der Waals surface area contributed by atoms with Crippen LogP contribution in [0.1, 0.15) is 44.9 Å². The molecule has 2 N–H and O–H groups in total. The van der Waals surface area contributed by atoms with Crippen molar-refractivity contribution in [2.45, 2.75) is 51.0 Å². The van der Waals surface area contributed by atoms with Gasteiger partial charge in [-0.1, -0.05) is 49.6 Å². The highest BCUT2D eigenvalue weighted by molar-refractivity contribution is 5.94. The number of rotatable bonds is 5. The Kier molecular flexibility index (Phi) is 7.30. The molecule has 6 heteroatoms. The molecule has 6 nitrogen and oxygen atoms in total. The summed E-state index contributed by atoms with van der Waals surface area (Å²) in [5.74, 6) is 0.542. The molecular formula is C26H34N4O2. The molecule has 0 unspecified atom stereocenters. The summed E-state index contributed by atoms with van der Waals surface area (Å²) in [5.41, 5.74) is 2.75. The Morgan fingerprint density at radius 1 is 0.875 bits per heavy atom. The second kappa shape index (κ2) is 10.5. The standard InChI is InChI=1S/C26H34N4O2/c1-29(22-12-6-3-7-13-22)24-15-9-8-14-23(24)28-26(32)27-21-16-18-30(19-17-21)25(31)20-10-4-2-5-11-20/h3,6-9,12-15,20-21H,2,4-5,10-11,16-19H2,1H3,(H2,27,28,32). The number of hydrogen-bond acceptors (Lipinski definition) is 3. The zero-order valence-corrected chi connectivity index (χ0v) is 18.9. The maximum absolute atomic E-state index is 12.8. The average Bonchev–Trinajstić information content (AvgIpc) is 2.85. The first kappa shape index (κ1) is 22.2. The predicted octanol–water partition coefficient (Wildman–Crippen LogP) is 5.15. The summed E-state index contributed by atoms with van der Waals surface area (Å²) in [7, 11) is 1.99. The Morgan fingerprint density at radius 3 is 2.25 bits per heavy atom. The number of carbonyl (C=O) groups excluding carboxylic acids is 2. The third-order valence-electron chi connectivity index (χ3n) is 6.75. The van der Waals surface area contributed by atoms with Crippen molar-refractivity contribution in [1.82, 2.24) is 10.2 Å². The fraction of sp³-hybridized carbons (Fsp3) is 0.462. The Labute approximate surface area is 191 Å². The van der Waals surface area contributed by atoms with Crippen molar-refractivity contribution in [3.63, 3.8) is 0 Å². The van der Waals surface area contributed by atoms with E-state index in [2.05, 4.69) is 15.5 Å². The van der Waals surface area contributed by atoms with E-state index in [1.54, 1.807) is 0 Å². The van der Waals surface area contributed by atoms with E-state index in [0.717, 1.165) is 55.8 Å². The maximum atomic E-state index is 12.8. The lowest BCUT2D eigenvalue weighted by Gasteiger charge is -2.35. The maximum Gasteiger partial charge on any atom is 0.319 e. The first-order valence-electron chi connectivity index (χ1n) is 11.9. The van der Waals surface area contributed by atoms with Crippen LogP contribution >= 0.6 is 0 Å². The van der Waals surface area contributed by atoms with Crippen molar-refractivity contribution >= 4 is 29.0 Å². The van der Waals surface area contributed by atoms with Crippen LogP contribution in [0.25, 0.3) is 0 Å². The fourth-order valence-corrected chi connectivity index (χ4v) is 4.86. The van der Waals surface area contributed by atoms with Crippen LogP contribution in [0.4, 0.5) is 21.9 Å². The monoisotopic (exact) mass is 434 g/mol. The van der Waals surface area contributed by atoms with Gasteiger partial charge in [-0.25, -0.2) is 4.79 Å². The number of carbonyl (C=O) groups is 2. The van der Waals surface area contributed by atoms with Crippen LogP contribution in [0, 0.1) is 5.92 Å². The number of amides is 3. The van der Waals surface area contributed by atoms with Gasteiger partial charge in [0.15, 0.2) is 0 Å². The van der Waals surface area contributed by atoms with E-state index in [1.807, 2.05) is 66.5 Å². The summed E-state index contributed by atoms with van der Waals surface area (Å²) >= 11 is 0. The molecule has 2 aliphatic rings. The van der Waals surface area contributed by atoms with Crippen LogP contribution in [-0.4, -0.2) is 43.0 Å². The van der Waals surface area contributed by atoms with E-state index in [9.17, 15) is 9.59 Å². The van der Waals surface area contributed by atoms with E-state index in [1.165, 1.54) is 19.3 Å². The molecular weight excluding hydrogens is 400 g/mol. The molecule has 1 heterocycles. The molecule has 0 atom stereocenters. The number of benzene rings is 2. The minimum atomic E-state index is -0.198. The Balaban J connectivity index is 1.30. The number of likely N-dealkylation sites (tertiary alicyclic amines) is 1. The molecule has 2 fully saturated rings. The zero-order valence-electron chi connectivity index (χ0n) is 18.9. The Bertz CT molecular complexity index is 903. The minimum absolute atomic E-state index is 0.0874. The number of anilines is 3. The van der Waals surface area contributed by atoms with Crippen molar-refractivity contribution in [3.8, 4) is 0 Å². The summed E-state index contributed by atoms with van der Waals surface area (Å²) in [6.07, 6.45) is 7.29. The Hall–Kier alpha value is -3.02. The number of piperidine rings is 1. The van der Waals surface area contributed by atoms with E-state index < -0.39 is 0 Å². The van der Waals surface area contributed by atoms with Gasteiger partial charge in [0.25, 0.3) is 0 Å². The highest BCUT2D eigenvalue weighted by Crippen LogP contribution is 2.30. The molecule has 170 valence electrons. The first-order chi connectivity index (χ1) is 15.6. The number of nitrogens with one attached hydrogen (secondary N) is 2. The lowest BCUT2D eigenvalue weighted by atomic mass is 9.87. The minimum Gasteiger partial charge on any atom is -0.343 e. The van der Waals surface area contributed by atoms with Crippen molar-refractivity contribution in [1.29, 1.82) is 0 Å². The van der Waals surface area contributed by atoms with Gasteiger partial charge in [0.2, 0.25) is 5.91 Å². The quantitative estimate of drug-likeness (QED) is 0.684. The largest absolute Gasteiger partial charge is 0.343 e. The van der Waals surface area contributed by atoms with Crippen LogP contribution in [0.3, 0.4) is 0 Å². The van der Waals surface area contributed by atoms with Gasteiger partial charge in [-0.2, -0.15) is 0 Å². The van der Waals surface area contributed by atoms with E-state index >= 15 is 0 Å². The topological polar surface area (TPSA) is 64.7 Å². The van der Waals surface area contributed by atoms with Gasteiger partial charge in [-0.15, -0.1) is 0 Å². The molecule has 1 aliphatic carbocycles. The number of urea groups is 1. The molecule has 3 amide bonds. The van der Waals surface area contributed by atoms with Crippen LogP contribution in [-0.2, 0) is 4.79 Å².